The number of aromatic hydroxyl groups is 1. The van der Waals surface area contributed by atoms with Gasteiger partial charge >= 0.3 is 0 Å². The number of nitrogens with one attached hydrogen (secondary N) is 1. The third-order valence-electron chi connectivity index (χ3n) is 3.60. The van der Waals surface area contributed by atoms with Crippen molar-refractivity contribution in [3.05, 3.63) is 29.8 Å². The lowest BCUT2D eigenvalue weighted by Gasteiger charge is -2.28. The SMILES string of the molecule is CN(CC1CCCCN1)C(=O)Cc1cccc(O)c1. The number of phenolic OH excluding ortho intramolecular Hbond substituents is 1. The van der Waals surface area contributed by atoms with E-state index in [0.717, 1.165) is 25.1 Å². The highest BCUT2D eigenvalue weighted by Crippen LogP contribution is 2.13. The van der Waals surface area contributed by atoms with Gasteiger partial charge in [-0.15, -0.1) is 0 Å². The summed E-state index contributed by atoms with van der Waals surface area (Å²) >= 11 is 0. The Hall–Kier alpha value is -1.55. The minimum absolute atomic E-state index is 0.0953. The first-order valence-corrected chi connectivity index (χ1v) is 6.90. The second kappa shape index (κ2) is 6.57. The zero-order chi connectivity index (χ0) is 13.7. The molecule has 0 aliphatic carbocycles. The maximum absolute atomic E-state index is 12.1. The number of piperidine rings is 1. The molecule has 2 N–H and O–H groups in total. The minimum atomic E-state index is 0.0953. The van der Waals surface area contributed by atoms with Gasteiger partial charge in [-0.2, -0.15) is 0 Å². The Morgan fingerprint density at radius 1 is 1.47 bits per heavy atom. The van der Waals surface area contributed by atoms with Crippen molar-refractivity contribution in [2.24, 2.45) is 0 Å². The zero-order valence-corrected chi connectivity index (χ0v) is 11.4. The topological polar surface area (TPSA) is 52.6 Å². The lowest BCUT2D eigenvalue weighted by atomic mass is 10.0. The van der Waals surface area contributed by atoms with Crippen LogP contribution in [0.2, 0.25) is 0 Å². The van der Waals surface area contributed by atoms with Crippen LogP contribution in [0.1, 0.15) is 24.8 Å². The van der Waals surface area contributed by atoms with Gasteiger partial charge in [0.1, 0.15) is 5.75 Å². The molecular formula is C15H22N2O2. The van der Waals surface area contributed by atoms with Crippen molar-refractivity contribution in [2.45, 2.75) is 31.7 Å². The highest BCUT2D eigenvalue weighted by Gasteiger charge is 2.17. The van der Waals surface area contributed by atoms with Crippen LogP contribution in [0.25, 0.3) is 0 Å². The number of benzene rings is 1. The minimum Gasteiger partial charge on any atom is -0.508 e. The van der Waals surface area contributed by atoms with Crippen molar-refractivity contribution >= 4 is 5.91 Å². The van der Waals surface area contributed by atoms with Crippen molar-refractivity contribution in [1.82, 2.24) is 10.2 Å². The summed E-state index contributed by atoms with van der Waals surface area (Å²) in [6.07, 6.45) is 3.96. The lowest BCUT2D eigenvalue weighted by molar-refractivity contribution is -0.129. The second-order valence-electron chi connectivity index (χ2n) is 5.27. The van der Waals surface area contributed by atoms with Crippen LogP contribution in [0.4, 0.5) is 0 Å². The third-order valence-corrected chi connectivity index (χ3v) is 3.60. The Labute approximate surface area is 114 Å². The summed E-state index contributed by atoms with van der Waals surface area (Å²) in [5.74, 6) is 0.305. The van der Waals surface area contributed by atoms with Crippen LogP contribution in [-0.2, 0) is 11.2 Å². The number of carbonyl (C=O) groups excluding carboxylic acids is 1. The molecule has 1 aromatic rings. The number of hydrogen-bond acceptors (Lipinski definition) is 3. The number of hydrogen-bond donors (Lipinski definition) is 2. The second-order valence-corrected chi connectivity index (χ2v) is 5.27. The van der Waals surface area contributed by atoms with Gasteiger partial charge in [0.25, 0.3) is 0 Å². The molecule has 0 spiro atoms. The molecule has 2 rings (SSSR count). The molecule has 104 valence electrons. The Bertz CT molecular complexity index is 428. The molecule has 19 heavy (non-hydrogen) atoms. The molecule has 1 atom stereocenters. The highest BCUT2D eigenvalue weighted by atomic mass is 16.3. The fourth-order valence-electron chi connectivity index (χ4n) is 2.49. The zero-order valence-electron chi connectivity index (χ0n) is 11.4. The summed E-state index contributed by atoms with van der Waals surface area (Å²) in [6, 6.07) is 7.31. The fourth-order valence-corrected chi connectivity index (χ4v) is 2.49. The average Bonchev–Trinajstić information content (AvgIpc) is 2.40. The molecule has 1 fully saturated rings. The molecule has 0 radical (unpaired) electrons. The van der Waals surface area contributed by atoms with Crippen LogP contribution in [0.15, 0.2) is 24.3 Å². The summed E-state index contributed by atoms with van der Waals surface area (Å²) in [7, 11) is 1.85. The monoisotopic (exact) mass is 262 g/mol. The normalized spacial score (nSPS) is 19.1. The van der Waals surface area contributed by atoms with Crippen molar-refractivity contribution in [3.8, 4) is 5.75 Å². The number of rotatable bonds is 4. The van der Waals surface area contributed by atoms with E-state index in [1.807, 2.05) is 13.1 Å². The fraction of sp³-hybridized carbons (Fsp3) is 0.533. The predicted octanol–water partition coefficient (Wildman–Crippen LogP) is 1.54. The summed E-state index contributed by atoms with van der Waals surface area (Å²) in [5, 5.41) is 12.8. The van der Waals surface area contributed by atoms with Gasteiger partial charge in [-0.25, -0.2) is 0 Å². The largest absolute Gasteiger partial charge is 0.508 e. The summed E-state index contributed by atoms with van der Waals surface area (Å²) in [4.78, 5) is 13.9. The standard InChI is InChI=1S/C15H22N2O2/c1-17(11-13-6-2-3-8-16-13)15(19)10-12-5-4-7-14(18)9-12/h4-5,7,9,13,16,18H,2-3,6,8,10-11H2,1H3. The summed E-state index contributed by atoms with van der Waals surface area (Å²) < 4.78 is 0. The van der Waals surface area contributed by atoms with Crippen LogP contribution < -0.4 is 5.32 Å². The van der Waals surface area contributed by atoms with Crippen LogP contribution in [0.3, 0.4) is 0 Å². The van der Waals surface area contributed by atoms with Gasteiger partial charge in [-0.1, -0.05) is 18.6 Å². The van der Waals surface area contributed by atoms with Crippen molar-refractivity contribution in [2.75, 3.05) is 20.1 Å². The lowest BCUT2D eigenvalue weighted by Crippen LogP contribution is -2.44. The van der Waals surface area contributed by atoms with E-state index in [0.29, 0.717) is 12.5 Å². The summed E-state index contributed by atoms with van der Waals surface area (Å²) in [5.41, 5.74) is 0.855. The van der Waals surface area contributed by atoms with E-state index in [1.165, 1.54) is 12.8 Å². The number of nitrogens with zero attached hydrogens (tertiary/aromatic N) is 1. The van der Waals surface area contributed by atoms with Crippen LogP contribution >= 0.6 is 0 Å². The van der Waals surface area contributed by atoms with Gasteiger partial charge in [0.15, 0.2) is 0 Å². The molecule has 1 amide bonds. The van der Waals surface area contributed by atoms with Crippen molar-refractivity contribution < 1.29 is 9.90 Å². The number of likely N-dealkylation sites (N-methyl/N-ethyl adjacent to an activating group) is 1. The van der Waals surface area contributed by atoms with Crippen molar-refractivity contribution in [3.63, 3.8) is 0 Å². The van der Waals surface area contributed by atoms with Crippen LogP contribution in [0, 0.1) is 0 Å². The molecule has 0 saturated carbocycles. The first-order chi connectivity index (χ1) is 9.15. The van der Waals surface area contributed by atoms with E-state index in [2.05, 4.69) is 5.32 Å². The van der Waals surface area contributed by atoms with Gasteiger partial charge in [-0.05, 0) is 37.1 Å². The first kappa shape index (κ1) is 13.9. The maximum Gasteiger partial charge on any atom is 0.226 e. The van der Waals surface area contributed by atoms with E-state index in [1.54, 1.807) is 23.1 Å². The Morgan fingerprint density at radius 3 is 3.00 bits per heavy atom. The number of phenols is 1. The van der Waals surface area contributed by atoms with Crippen molar-refractivity contribution in [1.29, 1.82) is 0 Å². The molecule has 1 aliphatic rings. The van der Waals surface area contributed by atoms with E-state index < -0.39 is 0 Å². The Morgan fingerprint density at radius 2 is 2.32 bits per heavy atom. The quantitative estimate of drug-likeness (QED) is 0.865. The van der Waals surface area contributed by atoms with Gasteiger partial charge in [0.05, 0.1) is 6.42 Å². The van der Waals surface area contributed by atoms with E-state index in [-0.39, 0.29) is 11.7 Å². The van der Waals surface area contributed by atoms with Gasteiger partial charge in [-0.3, -0.25) is 4.79 Å². The van der Waals surface area contributed by atoms with Crippen LogP contribution in [0.5, 0.6) is 5.75 Å². The van der Waals surface area contributed by atoms with Gasteiger partial charge in [0, 0.05) is 19.6 Å². The van der Waals surface area contributed by atoms with Gasteiger partial charge < -0.3 is 15.3 Å². The molecule has 0 aromatic heterocycles. The molecule has 1 heterocycles. The number of amides is 1. The summed E-state index contributed by atoms with van der Waals surface area (Å²) in [6.45, 7) is 1.82. The third kappa shape index (κ3) is 4.24. The smallest absolute Gasteiger partial charge is 0.226 e. The molecule has 1 aliphatic heterocycles. The van der Waals surface area contributed by atoms with Crippen LogP contribution in [-0.4, -0.2) is 42.1 Å². The average molecular weight is 262 g/mol. The van der Waals surface area contributed by atoms with Gasteiger partial charge in [0.2, 0.25) is 5.91 Å². The Kier molecular flexibility index (Phi) is 4.80. The molecule has 1 unspecified atom stereocenters. The number of carbonyl (C=O) groups is 1. The Balaban J connectivity index is 1.84. The first-order valence-electron chi connectivity index (χ1n) is 6.90. The van der Waals surface area contributed by atoms with E-state index >= 15 is 0 Å². The maximum atomic E-state index is 12.1. The molecule has 4 nitrogen and oxygen atoms in total. The molecule has 1 saturated heterocycles. The highest BCUT2D eigenvalue weighted by molar-refractivity contribution is 5.78. The molecular weight excluding hydrogens is 240 g/mol. The molecule has 4 heteroatoms. The predicted molar refractivity (Wildman–Crippen MR) is 75.1 cm³/mol. The van der Waals surface area contributed by atoms with E-state index in [4.69, 9.17) is 0 Å². The molecule has 0 bridgehead atoms. The van der Waals surface area contributed by atoms with E-state index in [9.17, 15) is 9.90 Å². The molecule has 1 aromatic carbocycles.